The third-order valence-electron chi connectivity index (χ3n) is 18.4. The number of halogens is 4. The number of hydrogen-bond donors (Lipinski definition) is 2. The highest BCUT2D eigenvalue weighted by Crippen LogP contribution is 2.38. The van der Waals surface area contributed by atoms with Gasteiger partial charge >= 0.3 is 43.4 Å². The number of nitrogens with zero attached hydrogens (tertiary/aromatic N) is 9. The number of likely N-dealkylation sites (tertiary alicyclic amines) is 3. The molecule has 6 bridgehead atoms. The van der Waals surface area contributed by atoms with Crippen molar-refractivity contribution >= 4 is 76.3 Å². The molecule has 12 rings (SSSR count). The second-order valence-corrected chi connectivity index (χ2v) is 37.6. The van der Waals surface area contributed by atoms with Crippen LogP contribution in [0.5, 0.6) is 18.0 Å². The molecule has 6 saturated heterocycles. The van der Waals surface area contributed by atoms with E-state index in [1.54, 1.807) is 27.1 Å². The van der Waals surface area contributed by atoms with Gasteiger partial charge in [-0.3, -0.25) is 0 Å². The maximum absolute atomic E-state index is 14.5. The first-order chi connectivity index (χ1) is 50.9. The summed E-state index contributed by atoms with van der Waals surface area (Å²) in [5, 5.41) is 17.3. The van der Waals surface area contributed by atoms with E-state index >= 15 is 0 Å². The number of benzene rings is 3. The van der Waals surface area contributed by atoms with Gasteiger partial charge in [0.15, 0.2) is 29.5 Å². The lowest BCUT2D eigenvalue weighted by atomic mass is 9.77. The fourth-order valence-electron chi connectivity index (χ4n) is 13.1. The summed E-state index contributed by atoms with van der Waals surface area (Å²) in [5.74, 6) is -0.738. The van der Waals surface area contributed by atoms with E-state index in [9.17, 15) is 52.8 Å². The van der Waals surface area contributed by atoms with Crippen LogP contribution >= 0.6 is 15.9 Å². The van der Waals surface area contributed by atoms with E-state index in [2.05, 4.69) is 45.8 Å². The van der Waals surface area contributed by atoms with Gasteiger partial charge in [0.25, 0.3) is 0 Å². The molecule has 3 aromatic carbocycles. The summed E-state index contributed by atoms with van der Waals surface area (Å²) in [6.07, 6.45) is 11.2. The van der Waals surface area contributed by atoms with Crippen molar-refractivity contribution in [3.05, 3.63) is 114 Å². The second kappa shape index (κ2) is 35.6. The summed E-state index contributed by atoms with van der Waals surface area (Å²) >= 11 is 3.31. The topological polar surface area (TPSA) is 364 Å². The lowest BCUT2D eigenvalue weighted by Crippen LogP contribution is -2.56. The van der Waals surface area contributed by atoms with Crippen molar-refractivity contribution in [3.63, 3.8) is 0 Å². The first-order valence-corrected chi connectivity index (χ1v) is 41.4. The average molecular weight is 1650 g/mol. The zero-order chi connectivity index (χ0) is 79.7. The second-order valence-electron chi connectivity index (χ2n) is 30.6. The smallest absolute Gasteiger partial charge is 0.463 e. The van der Waals surface area contributed by atoms with Crippen molar-refractivity contribution in [2.45, 2.75) is 93.8 Å². The molecule has 9 heterocycles. The maximum atomic E-state index is 14.5. The van der Waals surface area contributed by atoms with Gasteiger partial charge in [-0.2, -0.15) is 0 Å². The minimum atomic E-state index is -3.50. The third kappa shape index (κ3) is 24.3. The summed E-state index contributed by atoms with van der Waals surface area (Å²) < 4.78 is 162. The average Bonchev–Trinajstić information content (AvgIpc) is 0.798. The number of carbonyl (C=O) groups excluding carboxylic acids is 3. The normalized spacial score (nSPS) is 22.0. The van der Waals surface area contributed by atoms with Crippen LogP contribution in [-0.2, 0) is 57.9 Å². The Bertz CT molecular complexity index is 4290. The predicted octanol–water partition coefficient (Wildman–Crippen LogP) is 8.05. The molecule has 6 unspecified atom stereocenters. The first kappa shape index (κ1) is 85.1. The molecule has 0 radical (unpaired) electrons. The SMILES string of the molecule is CC(C)(C)OC(=O)N1CC2COCC(C1)C2COc1ncc(-c2ccc(S(C)(=O)=O)cc2F)cn1.CC(C)(C)OC(=O)N1CC2COCC(C1)C2COc1ncc(-c2ccc(S(C)(=O)=O)cc2F)cn1.CC(C)(C)OC(=O)N1CC2COCC(C1)C2COc1ncc(Br)cn1.CS(=O)(=O)c1ccc(B(O)O)c(F)c1. The van der Waals surface area contributed by atoms with Crippen LogP contribution in [0.15, 0.2) is 111 Å². The van der Waals surface area contributed by atoms with Crippen molar-refractivity contribution in [1.29, 1.82) is 0 Å². The van der Waals surface area contributed by atoms with E-state index in [1.165, 1.54) is 49.1 Å². The maximum Gasteiger partial charge on any atom is 0.491 e. The molecule has 6 atom stereocenters. The van der Waals surface area contributed by atoms with Crippen LogP contribution < -0.4 is 19.7 Å². The number of carbonyl (C=O) groups is 3. The van der Waals surface area contributed by atoms with Crippen molar-refractivity contribution < 1.29 is 105 Å². The molecule has 3 amide bonds. The number of rotatable bonds is 15. The predicted molar refractivity (Wildman–Crippen MR) is 394 cm³/mol. The number of ether oxygens (including phenoxy) is 9. The Balaban J connectivity index is 0.000000175. The molecule has 3 aromatic heterocycles. The van der Waals surface area contributed by atoms with Gasteiger partial charge in [-0.25, -0.2) is 82.7 Å². The summed E-state index contributed by atoms with van der Waals surface area (Å²) in [6.45, 7) is 24.8. The molecule has 594 valence electrons. The molecule has 6 aliphatic rings. The third-order valence-corrected chi connectivity index (χ3v) is 22.2. The molecule has 0 saturated carbocycles. The molecule has 0 aliphatic carbocycles. The summed E-state index contributed by atoms with van der Waals surface area (Å²) in [6, 6.07) is 11.1. The quantitative estimate of drug-likeness (QED) is 0.0725. The Hall–Kier alpha value is -7.91. The Morgan fingerprint density at radius 1 is 0.450 bits per heavy atom. The van der Waals surface area contributed by atoms with Crippen LogP contribution in [0.2, 0.25) is 0 Å². The molecular formula is C72H92BBrF3N9O20S3. The Kier molecular flexibility index (Phi) is 27.8. The van der Waals surface area contributed by atoms with Crippen LogP contribution in [0.4, 0.5) is 27.6 Å². The van der Waals surface area contributed by atoms with Gasteiger partial charge < -0.3 is 67.4 Å². The Morgan fingerprint density at radius 3 is 0.945 bits per heavy atom. The summed E-state index contributed by atoms with van der Waals surface area (Å²) in [4.78, 5) is 67.4. The van der Waals surface area contributed by atoms with Crippen LogP contribution in [0.1, 0.15) is 62.3 Å². The van der Waals surface area contributed by atoms with Crippen molar-refractivity contribution in [1.82, 2.24) is 44.6 Å². The molecule has 6 aliphatic heterocycles. The van der Waals surface area contributed by atoms with E-state index in [0.717, 1.165) is 53.6 Å². The van der Waals surface area contributed by atoms with E-state index in [4.69, 9.17) is 52.7 Å². The summed E-state index contributed by atoms with van der Waals surface area (Å²) in [5.41, 5.74) is -0.721. The van der Waals surface area contributed by atoms with Crippen LogP contribution in [-0.4, -0.2) is 240 Å². The molecule has 6 aromatic rings. The monoisotopic (exact) mass is 1650 g/mol. The van der Waals surface area contributed by atoms with Crippen molar-refractivity contribution in [2.24, 2.45) is 53.3 Å². The zero-order valence-corrected chi connectivity index (χ0v) is 66.6. The first-order valence-electron chi connectivity index (χ1n) is 35.0. The fraction of sp³-hybridized carbons (Fsp3) is 0.542. The molecule has 2 N–H and O–H groups in total. The van der Waals surface area contributed by atoms with Gasteiger partial charge in [-0.1, -0.05) is 18.2 Å². The van der Waals surface area contributed by atoms with Crippen molar-refractivity contribution in [2.75, 3.05) is 117 Å². The number of aromatic nitrogens is 6. The zero-order valence-electron chi connectivity index (χ0n) is 62.5. The number of sulfone groups is 3. The van der Waals surface area contributed by atoms with Crippen LogP contribution in [0.25, 0.3) is 22.3 Å². The van der Waals surface area contributed by atoms with Gasteiger partial charge in [0.2, 0.25) is 0 Å². The highest BCUT2D eigenvalue weighted by atomic mass is 79.9. The van der Waals surface area contributed by atoms with Gasteiger partial charge in [0.05, 0.1) is 78.6 Å². The van der Waals surface area contributed by atoms with E-state index < -0.39 is 70.9 Å². The van der Waals surface area contributed by atoms with E-state index in [0.29, 0.717) is 122 Å². The Morgan fingerprint density at radius 2 is 0.706 bits per heavy atom. The molecule has 0 spiro atoms. The largest absolute Gasteiger partial charge is 0.491 e. The van der Waals surface area contributed by atoms with E-state index in [1.807, 2.05) is 62.3 Å². The molecule has 6 fully saturated rings. The van der Waals surface area contributed by atoms with Gasteiger partial charge in [-0.15, -0.1) is 0 Å². The fourth-order valence-corrected chi connectivity index (χ4v) is 15.2. The van der Waals surface area contributed by atoms with Gasteiger partial charge in [-0.05, 0) is 115 Å². The minimum Gasteiger partial charge on any atom is -0.463 e. The molecule has 109 heavy (non-hydrogen) atoms. The number of amides is 3. The van der Waals surface area contributed by atoms with Crippen LogP contribution in [0.3, 0.4) is 0 Å². The molecular weight excluding hydrogens is 1550 g/mol. The number of fused-ring (bicyclic) bond motifs is 6. The number of piperidine rings is 3. The van der Waals surface area contributed by atoms with Gasteiger partial charge in [0.1, 0.15) is 34.3 Å². The van der Waals surface area contributed by atoms with Crippen molar-refractivity contribution in [3.8, 4) is 40.3 Å². The number of hydrogen-bond acceptors (Lipinski definition) is 26. The summed E-state index contributed by atoms with van der Waals surface area (Å²) in [7, 11) is -12.4. The highest BCUT2D eigenvalue weighted by molar-refractivity contribution is 9.10. The molecule has 37 heteroatoms. The van der Waals surface area contributed by atoms with Crippen LogP contribution in [0, 0.1) is 70.7 Å². The van der Waals surface area contributed by atoms with E-state index in [-0.39, 0.29) is 109 Å². The lowest BCUT2D eigenvalue weighted by molar-refractivity contribution is -0.0952. The lowest BCUT2D eigenvalue weighted by Gasteiger charge is -2.46. The Labute approximate surface area is 641 Å². The standard InChI is InChI=1S/2C24H30FN3O6S.C17H24BrN3O4.C7H8BFO4S/c2*1-24(2,3)34-23(29)28-10-16-12-32-13-17(11-28)20(16)14-33-22-26-8-15(9-27-22)19-6-5-18(7-21(19)25)35(4,30)31;1-17(2,3)25-16(22)21-6-11-8-23-9-12(7-21)14(11)10-24-15-19-4-13(18)5-20-15;1-14(12,13)5-2-3-6(8(10)11)7(9)4-5/h2*5-9,16-17,20H,10-14H2,1-4H3;4-5,11-12,14H,6-10H2,1-3H3;2-4,10-11H,1H3. The van der Waals surface area contributed by atoms with Gasteiger partial charge in [0, 0.05) is 176 Å². The molecule has 29 nitrogen and oxygen atoms in total. The minimum absolute atomic E-state index is 0.0909. The highest BCUT2D eigenvalue weighted by Gasteiger charge is 2.46.